The largest absolute Gasteiger partial charge is 0.496 e. The Morgan fingerprint density at radius 3 is 2.72 bits per heavy atom. The number of benzene rings is 1. The highest BCUT2D eigenvalue weighted by Crippen LogP contribution is 2.26. The molecule has 1 fully saturated rings. The predicted octanol–water partition coefficient (Wildman–Crippen LogP) is 0.942. The molecule has 0 aliphatic carbocycles. The van der Waals surface area contributed by atoms with Crippen molar-refractivity contribution in [3.05, 3.63) is 29.3 Å². The first-order chi connectivity index (χ1) is 8.76. The van der Waals surface area contributed by atoms with Crippen molar-refractivity contribution >= 4 is 0 Å². The van der Waals surface area contributed by atoms with Gasteiger partial charge in [0.2, 0.25) is 0 Å². The summed E-state index contributed by atoms with van der Waals surface area (Å²) < 4.78 is 5.36. The van der Waals surface area contributed by atoms with E-state index in [2.05, 4.69) is 22.3 Å². The molecule has 4 heteroatoms. The molecule has 0 aromatic heterocycles. The van der Waals surface area contributed by atoms with Gasteiger partial charge in [0.1, 0.15) is 5.75 Å². The van der Waals surface area contributed by atoms with E-state index >= 15 is 0 Å². The third kappa shape index (κ3) is 2.83. The van der Waals surface area contributed by atoms with Crippen LogP contribution < -0.4 is 10.1 Å². The molecule has 0 saturated carbocycles. The number of aliphatic hydroxyl groups is 1. The molecule has 1 aliphatic rings. The highest BCUT2D eigenvalue weighted by atomic mass is 16.5. The maximum Gasteiger partial charge on any atom is 0.122 e. The molecule has 0 amide bonds. The van der Waals surface area contributed by atoms with Gasteiger partial charge < -0.3 is 15.2 Å². The van der Waals surface area contributed by atoms with Gasteiger partial charge in [-0.2, -0.15) is 0 Å². The molecule has 0 unspecified atom stereocenters. The first-order valence-corrected chi connectivity index (χ1v) is 6.46. The molecule has 1 aromatic rings. The number of hydrogen-bond donors (Lipinski definition) is 2. The van der Waals surface area contributed by atoms with Crippen LogP contribution in [-0.2, 0) is 0 Å². The predicted molar refractivity (Wildman–Crippen MR) is 72.0 cm³/mol. The molecule has 1 atom stereocenters. The van der Waals surface area contributed by atoms with Gasteiger partial charge in [-0.15, -0.1) is 0 Å². The van der Waals surface area contributed by atoms with E-state index in [9.17, 15) is 5.11 Å². The lowest BCUT2D eigenvalue weighted by atomic mass is 10.0. The van der Waals surface area contributed by atoms with Gasteiger partial charge in [-0.05, 0) is 24.1 Å². The molecule has 0 bridgehead atoms. The van der Waals surface area contributed by atoms with Crippen LogP contribution in [-0.4, -0.2) is 49.9 Å². The van der Waals surface area contributed by atoms with Crippen molar-refractivity contribution in [3.8, 4) is 5.75 Å². The summed E-state index contributed by atoms with van der Waals surface area (Å²) in [5, 5.41) is 13.0. The van der Waals surface area contributed by atoms with Crippen molar-refractivity contribution < 1.29 is 9.84 Å². The third-order valence-electron chi connectivity index (χ3n) is 3.58. The van der Waals surface area contributed by atoms with E-state index in [0.29, 0.717) is 0 Å². The van der Waals surface area contributed by atoms with Gasteiger partial charge >= 0.3 is 0 Å². The number of rotatable bonds is 4. The van der Waals surface area contributed by atoms with Gasteiger partial charge in [-0.25, -0.2) is 0 Å². The number of nitrogens with zero attached hydrogens (tertiary/aromatic N) is 1. The number of hydrogen-bond acceptors (Lipinski definition) is 4. The van der Waals surface area contributed by atoms with Crippen molar-refractivity contribution in [1.82, 2.24) is 10.2 Å². The van der Waals surface area contributed by atoms with Gasteiger partial charge in [-0.1, -0.05) is 12.1 Å². The highest BCUT2D eigenvalue weighted by Gasteiger charge is 2.21. The van der Waals surface area contributed by atoms with E-state index in [1.165, 1.54) is 0 Å². The maximum atomic E-state index is 9.66. The zero-order chi connectivity index (χ0) is 13.0. The van der Waals surface area contributed by atoms with Crippen molar-refractivity contribution in [2.75, 3.05) is 39.9 Å². The number of aryl methyl sites for hydroxylation is 1. The Morgan fingerprint density at radius 2 is 2.11 bits per heavy atom. The molecule has 1 saturated heterocycles. The first-order valence-electron chi connectivity index (χ1n) is 6.46. The van der Waals surface area contributed by atoms with Crippen LogP contribution in [0.3, 0.4) is 0 Å². The normalized spacial score (nSPS) is 18.6. The monoisotopic (exact) mass is 250 g/mol. The molecular weight excluding hydrogens is 228 g/mol. The fraction of sp³-hybridized carbons (Fsp3) is 0.571. The first kappa shape index (κ1) is 13.3. The van der Waals surface area contributed by atoms with Crippen molar-refractivity contribution in [2.45, 2.75) is 13.0 Å². The average molecular weight is 250 g/mol. The Hall–Kier alpha value is -1.10. The van der Waals surface area contributed by atoms with Crippen LogP contribution in [0, 0.1) is 6.92 Å². The van der Waals surface area contributed by atoms with Crippen molar-refractivity contribution in [2.24, 2.45) is 0 Å². The molecule has 1 aromatic carbocycles. The van der Waals surface area contributed by atoms with E-state index < -0.39 is 0 Å². The van der Waals surface area contributed by atoms with Crippen LogP contribution in [0.4, 0.5) is 0 Å². The lowest BCUT2D eigenvalue weighted by molar-refractivity contribution is 0.110. The van der Waals surface area contributed by atoms with E-state index in [-0.39, 0.29) is 12.6 Å². The zero-order valence-corrected chi connectivity index (χ0v) is 11.1. The second-order valence-electron chi connectivity index (χ2n) is 4.71. The number of nitrogens with one attached hydrogen (secondary N) is 1. The molecule has 4 nitrogen and oxygen atoms in total. The summed E-state index contributed by atoms with van der Waals surface area (Å²) in [6, 6.07) is 6.25. The van der Waals surface area contributed by atoms with Crippen LogP contribution >= 0.6 is 0 Å². The standard InChI is InChI=1S/C14H22N2O2/c1-11-3-4-12(9-14(11)18-2)13(10-17)16-7-5-15-6-8-16/h3-4,9,13,15,17H,5-8,10H2,1-2H3/t13-/m0/s1. The molecule has 2 N–H and O–H groups in total. The highest BCUT2D eigenvalue weighted by molar-refractivity contribution is 5.38. The van der Waals surface area contributed by atoms with E-state index in [4.69, 9.17) is 4.74 Å². The van der Waals surface area contributed by atoms with Crippen LogP contribution in [0.2, 0.25) is 0 Å². The van der Waals surface area contributed by atoms with Gasteiger partial charge in [0.15, 0.2) is 0 Å². The summed E-state index contributed by atoms with van der Waals surface area (Å²) >= 11 is 0. The summed E-state index contributed by atoms with van der Waals surface area (Å²) in [5.41, 5.74) is 2.25. The van der Waals surface area contributed by atoms with Gasteiger partial charge in [0.25, 0.3) is 0 Å². The third-order valence-corrected chi connectivity index (χ3v) is 3.58. The van der Waals surface area contributed by atoms with Crippen LogP contribution in [0.1, 0.15) is 17.2 Å². The summed E-state index contributed by atoms with van der Waals surface area (Å²) in [6.45, 7) is 6.09. The fourth-order valence-electron chi connectivity index (χ4n) is 2.47. The second kappa shape index (κ2) is 6.18. The fourth-order valence-corrected chi connectivity index (χ4v) is 2.47. The zero-order valence-electron chi connectivity index (χ0n) is 11.1. The lowest BCUT2D eigenvalue weighted by Gasteiger charge is -2.34. The SMILES string of the molecule is COc1cc([C@H](CO)N2CCNCC2)ccc1C. The van der Waals surface area contributed by atoms with Gasteiger partial charge in [-0.3, -0.25) is 4.90 Å². The van der Waals surface area contributed by atoms with E-state index in [0.717, 1.165) is 43.1 Å². The van der Waals surface area contributed by atoms with Crippen LogP contribution in [0.15, 0.2) is 18.2 Å². The summed E-state index contributed by atoms with van der Waals surface area (Å²) in [5.74, 6) is 0.890. The van der Waals surface area contributed by atoms with Crippen molar-refractivity contribution in [1.29, 1.82) is 0 Å². The van der Waals surface area contributed by atoms with Crippen LogP contribution in [0.5, 0.6) is 5.75 Å². The Balaban J connectivity index is 2.20. The maximum absolute atomic E-state index is 9.66. The Bertz CT molecular complexity index is 389. The van der Waals surface area contributed by atoms with Crippen molar-refractivity contribution in [3.63, 3.8) is 0 Å². The lowest BCUT2D eigenvalue weighted by Crippen LogP contribution is -2.46. The molecule has 2 rings (SSSR count). The topological polar surface area (TPSA) is 44.7 Å². The van der Waals surface area contributed by atoms with Gasteiger partial charge in [0, 0.05) is 26.2 Å². The molecule has 18 heavy (non-hydrogen) atoms. The quantitative estimate of drug-likeness (QED) is 0.835. The number of aliphatic hydroxyl groups excluding tert-OH is 1. The van der Waals surface area contributed by atoms with Gasteiger partial charge in [0.05, 0.1) is 19.8 Å². The summed E-state index contributed by atoms with van der Waals surface area (Å²) in [7, 11) is 1.69. The summed E-state index contributed by atoms with van der Waals surface area (Å²) in [6.07, 6.45) is 0. The average Bonchev–Trinajstić information content (AvgIpc) is 2.42. The van der Waals surface area contributed by atoms with E-state index in [1.54, 1.807) is 7.11 Å². The second-order valence-corrected chi connectivity index (χ2v) is 4.71. The molecular formula is C14H22N2O2. The Morgan fingerprint density at radius 1 is 1.39 bits per heavy atom. The minimum atomic E-state index is 0.0709. The molecule has 0 radical (unpaired) electrons. The van der Waals surface area contributed by atoms with Crippen LogP contribution in [0.25, 0.3) is 0 Å². The Labute approximate surface area is 109 Å². The summed E-state index contributed by atoms with van der Waals surface area (Å²) in [4.78, 5) is 2.32. The number of piperazine rings is 1. The minimum absolute atomic E-state index is 0.0709. The molecule has 100 valence electrons. The molecule has 0 spiro atoms. The van der Waals surface area contributed by atoms with E-state index in [1.807, 2.05) is 13.0 Å². The Kier molecular flexibility index (Phi) is 4.58. The number of methoxy groups -OCH3 is 1. The molecule has 1 heterocycles. The molecule has 1 aliphatic heterocycles. The smallest absolute Gasteiger partial charge is 0.122 e. The minimum Gasteiger partial charge on any atom is -0.496 e. The number of ether oxygens (including phenoxy) is 1.